The Morgan fingerprint density at radius 3 is 2.50 bits per heavy atom. The normalized spacial score (nSPS) is 10.1. The van der Waals surface area contributed by atoms with E-state index < -0.39 is 16.8 Å². The van der Waals surface area contributed by atoms with Gasteiger partial charge in [0.1, 0.15) is 0 Å². The second-order valence-corrected chi connectivity index (χ2v) is 4.31. The average molecular weight is 304 g/mol. The predicted octanol–water partition coefficient (Wildman–Crippen LogP) is 1.37. The highest BCUT2D eigenvalue weighted by Gasteiger charge is 2.19. The van der Waals surface area contributed by atoms with Gasteiger partial charge in [0.2, 0.25) is 0 Å². The lowest BCUT2D eigenvalue weighted by atomic mass is 10.2. The van der Waals surface area contributed by atoms with Crippen molar-refractivity contribution in [1.82, 2.24) is 9.78 Å². The number of ether oxygens (including phenoxy) is 1. The van der Waals surface area contributed by atoms with Crippen LogP contribution in [0.15, 0.2) is 30.5 Å². The molecule has 0 aliphatic carbocycles. The third kappa shape index (κ3) is 3.08. The summed E-state index contributed by atoms with van der Waals surface area (Å²) in [4.78, 5) is 33.7. The zero-order valence-electron chi connectivity index (χ0n) is 11.8. The van der Waals surface area contributed by atoms with Gasteiger partial charge in [-0.05, 0) is 12.1 Å². The Morgan fingerprint density at radius 1 is 1.32 bits per heavy atom. The summed E-state index contributed by atoms with van der Waals surface area (Å²) in [5, 5.41) is 17.0. The minimum atomic E-state index is -0.681. The number of hydrogen-bond acceptors (Lipinski definition) is 6. The Hall–Kier alpha value is -3.23. The van der Waals surface area contributed by atoms with Crippen LogP contribution in [0, 0.1) is 10.1 Å². The van der Waals surface area contributed by atoms with Gasteiger partial charge in [-0.1, -0.05) is 0 Å². The molecular formula is C13H12N4O5. The molecule has 0 saturated carbocycles. The van der Waals surface area contributed by atoms with Gasteiger partial charge in [-0.3, -0.25) is 19.6 Å². The maximum absolute atomic E-state index is 12.1. The first-order chi connectivity index (χ1) is 10.4. The third-order valence-electron chi connectivity index (χ3n) is 2.80. The summed E-state index contributed by atoms with van der Waals surface area (Å²) in [6.45, 7) is 0. The summed E-state index contributed by atoms with van der Waals surface area (Å²) in [6, 6.07) is 5.09. The number of amides is 1. The van der Waals surface area contributed by atoms with Crippen molar-refractivity contribution < 1.29 is 19.2 Å². The number of esters is 1. The number of aromatic nitrogens is 2. The topological polar surface area (TPSA) is 116 Å². The number of anilines is 1. The van der Waals surface area contributed by atoms with Gasteiger partial charge in [0.15, 0.2) is 5.69 Å². The van der Waals surface area contributed by atoms with Crippen molar-refractivity contribution in [2.45, 2.75) is 0 Å². The first kappa shape index (κ1) is 15.2. The number of nitro benzene ring substituents is 1. The molecule has 1 amide bonds. The maximum Gasteiger partial charge on any atom is 0.360 e. The van der Waals surface area contributed by atoms with Crippen molar-refractivity contribution in [1.29, 1.82) is 0 Å². The summed E-state index contributed by atoms with van der Waals surface area (Å²) in [5.74, 6) is -1.20. The summed E-state index contributed by atoms with van der Waals surface area (Å²) >= 11 is 0. The van der Waals surface area contributed by atoms with E-state index in [0.717, 1.165) is 0 Å². The van der Waals surface area contributed by atoms with Crippen LogP contribution in [0.25, 0.3) is 0 Å². The molecule has 2 rings (SSSR count). The Balaban J connectivity index is 2.22. The molecule has 0 atom stereocenters. The molecule has 1 N–H and O–H groups in total. The van der Waals surface area contributed by atoms with E-state index in [4.69, 9.17) is 0 Å². The molecule has 0 bridgehead atoms. The predicted molar refractivity (Wildman–Crippen MR) is 75.6 cm³/mol. The summed E-state index contributed by atoms with van der Waals surface area (Å²) in [5.41, 5.74) is 0.261. The highest BCUT2D eigenvalue weighted by molar-refractivity contribution is 6.07. The molecule has 1 aromatic carbocycles. The Kier molecular flexibility index (Phi) is 4.16. The van der Waals surface area contributed by atoms with Crippen LogP contribution in [0.1, 0.15) is 20.8 Å². The minimum Gasteiger partial charge on any atom is -0.464 e. The first-order valence-electron chi connectivity index (χ1n) is 6.10. The fourth-order valence-electron chi connectivity index (χ4n) is 1.76. The number of nitrogens with zero attached hydrogens (tertiary/aromatic N) is 3. The van der Waals surface area contributed by atoms with Gasteiger partial charge in [0.25, 0.3) is 11.6 Å². The van der Waals surface area contributed by atoms with Crippen LogP contribution in [-0.4, -0.2) is 33.7 Å². The van der Waals surface area contributed by atoms with Crippen molar-refractivity contribution in [2.24, 2.45) is 7.05 Å². The molecule has 0 radical (unpaired) electrons. The molecule has 0 unspecified atom stereocenters. The lowest BCUT2D eigenvalue weighted by molar-refractivity contribution is -0.384. The number of non-ortho nitro benzene ring substituents is 1. The van der Waals surface area contributed by atoms with Gasteiger partial charge in [0.05, 0.1) is 17.7 Å². The molecule has 1 heterocycles. The van der Waals surface area contributed by atoms with E-state index in [9.17, 15) is 19.7 Å². The maximum atomic E-state index is 12.1. The molecule has 22 heavy (non-hydrogen) atoms. The van der Waals surface area contributed by atoms with Crippen LogP contribution in [0.4, 0.5) is 11.4 Å². The highest BCUT2D eigenvalue weighted by atomic mass is 16.6. The lowest BCUT2D eigenvalue weighted by Gasteiger charge is -2.04. The van der Waals surface area contributed by atoms with Crippen LogP contribution >= 0.6 is 0 Å². The van der Waals surface area contributed by atoms with Crippen molar-refractivity contribution in [3.63, 3.8) is 0 Å². The lowest BCUT2D eigenvalue weighted by Crippen LogP contribution is -2.14. The monoisotopic (exact) mass is 304 g/mol. The number of aryl methyl sites for hydroxylation is 1. The van der Waals surface area contributed by atoms with E-state index >= 15 is 0 Å². The Morgan fingerprint density at radius 2 is 1.95 bits per heavy atom. The molecule has 0 aliphatic rings. The third-order valence-corrected chi connectivity index (χ3v) is 2.80. The first-order valence-corrected chi connectivity index (χ1v) is 6.10. The fourth-order valence-corrected chi connectivity index (χ4v) is 1.76. The molecule has 1 aromatic heterocycles. The van der Waals surface area contributed by atoms with E-state index in [2.05, 4.69) is 15.2 Å². The van der Waals surface area contributed by atoms with E-state index in [0.29, 0.717) is 0 Å². The number of nitro groups is 1. The number of nitrogens with one attached hydrogen (secondary N) is 1. The van der Waals surface area contributed by atoms with Crippen LogP contribution in [-0.2, 0) is 11.8 Å². The van der Waals surface area contributed by atoms with Gasteiger partial charge >= 0.3 is 5.97 Å². The van der Waals surface area contributed by atoms with Gasteiger partial charge in [0, 0.05) is 30.9 Å². The molecule has 0 saturated heterocycles. The van der Waals surface area contributed by atoms with E-state index in [1.54, 1.807) is 7.05 Å². The molecule has 114 valence electrons. The summed E-state index contributed by atoms with van der Waals surface area (Å²) < 4.78 is 5.94. The van der Waals surface area contributed by atoms with E-state index in [1.807, 2.05) is 0 Å². The van der Waals surface area contributed by atoms with Gasteiger partial charge in [-0.25, -0.2) is 4.79 Å². The molecular weight excluding hydrogens is 292 g/mol. The zero-order chi connectivity index (χ0) is 16.3. The summed E-state index contributed by atoms with van der Waals surface area (Å²) in [6.07, 6.45) is 1.45. The van der Waals surface area contributed by atoms with E-state index in [-0.39, 0.29) is 22.6 Å². The van der Waals surface area contributed by atoms with Crippen molar-refractivity contribution >= 4 is 23.3 Å². The number of rotatable bonds is 4. The molecule has 2 aromatic rings. The second-order valence-electron chi connectivity index (χ2n) is 4.31. The molecule has 0 spiro atoms. The fraction of sp³-hybridized carbons (Fsp3) is 0.154. The molecule has 9 heteroatoms. The Bertz CT molecular complexity index is 735. The number of benzene rings is 1. The SMILES string of the molecule is COC(=O)c1nn(C)cc1NC(=O)c1ccc([N+](=O)[O-])cc1. The largest absolute Gasteiger partial charge is 0.464 e. The number of carbonyl (C=O) groups is 2. The smallest absolute Gasteiger partial charge is 0.360 e. The molecule has 9 nitrogen and oxygen atoms in total. The van der Waals surface area contributed by atoms with Crippen molar-refractivity contribution in [3.8, 4) is 0 Å². The number of hydrogen-bond donors (Lipinski definition) is 1. The van der Waals surface area contributed by atoms with Gasteiger partial charge in [-0.2, -0.15) is 5.10 Å². The standard InChI is InChI=1S/C13H12N4O5/c1-16-7-10(11(15-16)13(19)22-2)14-12(18)8-3-5-9(6-4-8)17(20)21/h3-7H,1-2H3,(H,14,18). The molecule has 0 fully saturated rings. The molecule has 0 aliphatic heterocycles. The van der Waals surface area contributed by atoms with Crippen LogP contribution in [0.3, 0.4) is 0 Å². The number of carbonyl (C=O) groups excluding carboxylic acids is 2. The quantitative estimate of drug-likeness (QED) is 0.518. The van der Waals surface area contributed by atoms with Crippen molar-refractivity contribution in [3.05, 3.63) is 51.8 Å². The van der Waals surface area contributed by atoms with E-state index in [1.165, 1.54) is 42.3 Å². The van der Waals surface area contributed by atoms with Crippen molar-refractivity contribution in [2.75, 3.05) is 12.4 Å². The minimum absolute atomic E-state index is 0.0275. The van der Waals surface area contributed by atoms with Gasteiger partial charge in [-0.15, -0.1) is 0 Å². The van der Waals surface area contributed by atoms with Crippen LogP contribution in [0.5, 0.6) is 0 Å². The van der Waals surface area contributed by atoms with Crippen LogP contribution in [0.2, 0.25) is 0 Å². The van der Waals surface area contributed by atoms with Gasteiger partial charge < -0.3 is 10.1 Å². The number of methoxy groups -OCH3 is 1. The second kappa shape index (κ2) is 6.04. The Labute approximate surface area is 124 Å². The average Bonchev–Trinajstić information content (AvgIpc) is 2.87. The van der Waals surface area contributed by atoms with Crippen LogP contribution < -0.4 is 5.32 Å². The zero-order valence-corrected chi connectivity index (χ0v) is 11.8. The summed E-state index contributed by atoms with van der Waals surface area (Å²) in [7, 11) is 2.80. The highest BCUT2D eigenvalue weighted by Crippen LogP contribution is 2.17.